The van der Waals surface area contributed by atoms with Crippen LogP contribution in [0.1, 0.15) is 43.7 Å². The van der Waals surface area contributed by atoms with Crippen LogP contribution in [0.3, 0.4) is 0 Å². The predicted molar refractivity (Wildman–Crippen MR) is 102 cm³/mol. The van der Waals surface area contributed by atoms with Crippen molar-refractivity contribution in [2.24, 2.45) is 9.98 Å². The maximum atomic E-state index is 4.75. The molecule has 0 unspecified atom stereocenters. The number of hydrogen-bond acceptors (Lipinski definition) is 2. The van der Waals surface area contributed by atoms with E-state index >= 15 is 0 Å². The SMILES string of the molecule is CCCCCC(C=Nc1ccc(C)c(C)c1)=Nc1ccccc1. The molecule has 0 N–H and O–H groups in total. The molecule has 0 heterocycles. The zero-order valence-corrected chi connectivity index (χ0v) is 14.4. The molecule has 0 aliphatic rings. The Balaban J connectivity index is 2.17. The van der Waals surface area contributed by atoms with E-state index in [1.165, 1.54) is 24.0 Å². The number of benzene rings is 2. The summed E-state index contributed by atoms with van der Waals surface area (Å²) in [7, 11) is 0. The minimum absolute atomic E-state index is 0.969. The highest BCUT2D eigenvalue weighted by Gasteiger charge is 1.99. The Morgan fingerprint density at radius 1 is 0.913 bits per heavy atom. The first-order chi connectivity index (χ1) is 11.2. The molecule has 0 amide bonds. The molecule has 0 saturated carbocycles. The lowest BCUT2D eigenvalue weighted by atomic mass is 10.1. The van der Waals surface area contributed by atoms with Gasteiger partial charge in [0.1, 0.15) is 0 Å². The number of para-hydroxylation sites is 1. The van der Waals surface area contributed by atoms with Crippen molar-refractivity contribution in [2.75, 3.05) is 0 Å². The third-order valence-electron chi connectivity index (χ3n) is 3.92. The van der Waals surface area contributed by atoms with Crippen LogP contribution in [0.15, 0.2) is 58.5 Å². The van der Waals surface area contributed by atoms with Crippen LogP contribution in [0, 0.1) is 13.8 Å². The molecule has 0 aliphatic carbocycles. The van der Waals surface area contributed by atoms with Crippen LogP contribution in [-0.2, 0) is 0 Å². The van der Waals surface area contributed by atoms with Crippen molar-refractivity contribution in [1.82, 2.24) is 0 Å². The van der Waals surface area contributed by atoms with Gasteiger partial charge in [0.05, 0.1) is 17.1 Å². The van der Waals surface area contributed by atoms with E-state index in [2.05, 4.69) is 44.0 Å². The Labute approximate surface area is 140 Å². The van der Waals surface area contributed by atoms with Crippen LogP contribution in [0.5, 0.6) is 0 Å². The maximum absolute atomic E-state index is 4.75. The fraction of sp³-hybridized carbons (Fsp3) is 0.333. The number of hydrogen-bond donors (Lipinski definition) is 0. The van der Waals surface area contributed by atoms with Gasteiger partial charge in [-0.15, -0.1) is 0 Å². The summed E-state index contributed by atoms with van der Waals surface area (Å²) in [6, 6.07) is 16.4. The Hall–Kier alpha value is -2.22. The van der Waals surface area contributed by atoms with E-state index in [0.717, 1.165) is 29.9 Å². The molecule has 2 aromatic rings. The van der Waals surface area contributed by atoms with Crippen molar-refractivity contribution in [3.05, 3.63) is 59.7 Å². The minimum atomic E-state index is 0.969. The molecule has 23 heavy (non-hydrogen) atoms. The molecule has 0 saturated heterocycles. The van der Waals surface area contributed by atoms with E-state index in [4.69, 9.17) is 4.99 Å². The molecule has 2 aromatic carbocycles. The normalized spacial score (nSPS) is 12.0. The lowest BCUT2D eigenvalue weighted by molar-refractivity contribution is 0.744. The number of aliphatic imine (C=N–C) groups is 2. The first-order valence-electron chi connectivity index (χ1n) is 8.43. The molecule has 2 nitrogen and oxygen atoms in total. The fourth-order valence-electron chi connectivity index (χ4n) is 2.33. The number of unbranched alkanes of at least 4 members (excludes halogenated alkanes) is 2. The molecule has 0 spiro atoms. The smallest absolute Gasteiger partial charge is 0.0633 e. The van der Waals surface area contributed by atoms with Gasteiger partial charge in [0.25, 0.3) is 0 Å². The first kappa shape index (κ1) is 17.1. The monoisotopic (exact) mass is 306 g/mol. The summed E-state index contributed by atoms with van der Waals surface area (Å²) in [6.07, 6.45) is 6.49. The van der Waals surface area contributed by atoms with Gasteiger partial charge >= 0.3 is 0 Å². The topological polar surface area (TPSA) is 24.7 Å². The molecule has 120 valence electrons. The van der Waals surface area contributed by atoms with Gasteiger partial charge in [-0.3, -0.25) is 9.98 Å². The van der Waals surface area contributed by atoms with Crippen LogP contribution in [0.25, 0.3) is 0 Å². The third kappa shape index (κ3) is 5.82. The predicted octanol–water partition coefficient (Wildman–Crippen LogP) is 6.36. The van der Waals surface area contributed by atoms with Crippen molar-refractivity contribution >= 4 is 23.3 Å². The van der Waals surface area contributed by atoms with Crippen molar-refractivity contribution in [3.63, 3.8) is 0 Å². The van der Waals surface area contributed by atoms with Gasteiger partial charge in [0.2, 0.25) is 0 Å². The van der Waals surface area contributed by atoms with E-state index in [0.29, 0.717) is 0 Å². The minimum Gasteiger partial charge on any atom is -0.255 e. The molecule has 0 aliphatic heterocycles. The van der Waals surface area contributed by atoms with E-state index in [-0.39, 0.29) is 0 Å². The second-order valence-corrected chi connectivity index (χ2v) is 5.92. The Morgan fingerprint density at radius 2 is 1.70 bits per heavy atom. The van der Waals surface area contributed by atoms with Gasteiger partial charge in [-0.25, -0.2) is 0 Å². The highest BCUT2D eigenvalue weighted by atomic mass is 14.8. The largest absolute Gasteiger partial charge is 0.255 e. The van der Waals surface area contributed by atoms with E-state index in [1.807, 2.05) is 36.5 Å². The average Bonchev–Trinajstić information content (AvgIpc) is 2.56. The molecule has 0 atom stereocenters. The molecule has 2 heteroatoms. The summed E-state index contributed by atoms with van der Waals surface area (Å²) in [5.41, 5.74) is 5.59. The van der Waals surface area contributed by atoms with Crippen LogP contribution in [-0.4, -0.2) is 11.9 Å². The number of aryl methyl sites for hydroxylation is 2. The molecule has 0 bridgehead atoms. The fourth-order valence-corrected chi connectivity index (χ4v) is 2.33. The molecular formula is C21H26N2. The zero-order chi connectivity index (χ0) is 16.5. The van der Waals surface area contributed by atoms with Gasteiger partial charge in [0.15, 0.2) is 0 Å². The lowest BCUT2D eigenvalue weighted by Gasteiger charge is -2.03. The average molecular weight is 306 g/mol. The number of rotatable bonds is 7. The summed E-state index contributed by atoms with van der Waals surface area (Å²) in [6.45, 7) is 6.46. The standard InChI is InChI=1S/C21H26N2/c1-4-5-7-12-21(23-19-10-8-6-9-11-19)16-22-20-14-13-17(2)18(3)15-20/h6,8-11,13-16H,4-5,7,12H2,1-3H3. The van der Waals surface area contributed by atoms with E-state index in [1.54, 1.807) is 0 Å². The molecule has 0 fully saturated rings. The Bertz CT molecular complexity index is 669. The maximum Gasteiger partial charge on any atom is 0.0633 e. The molecule has 0 radical (unpaired) electrons. The van der Waals surface area contributed by atoms with E-state index < -0.39 is 0 Å². The van der Waals surface area contributed by atoms with Crippen molar-refractivity contribution in [1.29, 1.82) is 0 Å². The number of nitrogens with zero attached hydrogens (tertiary/aromatic N) is 2. The Morgan fingerprint density at radius 3 is 2.39 bits per heavy atom. The second-order valence-electron chi connectivity index (χ2n) is 5.92. The van der Waals surface area contributed by atoms with Crippen molar-refractivity contribution in [3.8, 4) is 0 Å². The highest BCUT2D eigenvalue weighted by Crippen LogP contribution is 2.17. The second kappa shape index (κ2) is 9.04. The summed E-state index contributed by atoms with van der Waals surface area (Å²) in [5.74, 6) is 0. The first-order valence-corrected chi connectivity index (χ1v) is 8.43. The van der Waals surface area contributed by atoms with E-state index in [9.17, 15) is 0 Å². The Kier molecular flexibility index (Phi) is 6.74. The van der Waals surface area contributed by atoms with Crippen molar-refractivity contribution in [2.45, 2.75) is 46.5 Å². The summed E-state index contributed by atoms with van der Waals surface area (Å²) >= 11 is 0. The van der Waals surface area contributed by atoms with Gasteiger partial charge < -0.3 is 0 Å². The zero-order valence-electron chi connectivity index (χ0n) is 14.4. The van der Waals surface area contributed by atoms with Gasteiger partial charge in [-0.1, -0.05) is 44.0 Å². The van der Waals surface area contributed by atoms with Gasteiger partial charge in [-0.2, -0.15) is 0 Å². The summed E-state index contributed by atoms with van der Waals surface area (Å²) in [4.78, 5) is 9.38. The van der Waals surface area contributed by atoms with Crippen LogP contribution in [0.4, 0.5) is 11.4 Å². The van der Waals surface area contributed by atoms with Crippen LogP contribution >= 0.6 is 0 Å². The van der Waals surface area contributed by atoms with Gasteiger partial charge in [0, 0.05) is 6.21 Å². The molecular weight excluding hydrogens is 280 g/mol. The third-order valence-corrected chi connectivity index (χ3v) is 3.92. The van der Waals surface area contributed by atoms with Crippen LogP contribution in [0.2, 0.25) is 0 Å². The lowest BCUT2D eigenvalue weighted by Crippen LogP contribution is -1.99. The summed E-state index contributed by atoms with van der Waals surface area (Å²) in [5, 5.41) is 0. The van der Waals surface area contributed by atoms with Crippen LogP contribution < -0.4 is 0 Å². The molecule has 0 aromatic heterocycles. The van der Waals surface area contributed by atoms with Gasteiger partial charge in [-0.05, 0) is 62.1 Å². The summed E-state index contributed by atoms with van der Waals surface area (Å²) < 4.78 is 0. The molecule has 2 rings (SSSR count). The van der Waals surface area contributed by atoms with Crippen molar-refractivity contribution < 1.29 is 0 Å². The highest BCUT2D eigenvalue weighted by molar-refractivity contribution is 6.31. The quantitative estimate of drug-likeness (QED) is 0.420.